The van der Waals surface area contributed by atoms with Gasteiger partial charge in [0.05, 0.1) is 0 Å². The van der Waals surface area contributed by atoms with Gasteiger partial charge in [-0.2, -0.15) is 0 Å². The molecule has 1 N–H and O–H groups in total. The first-order chi connectivity index (χ1) is 5.12. The zero-order valence-electron chi connectivity index (χ0n) is 5.50. The lowest BCUT2D eigenvalue weighted by atomic mass is 10.9. The van der Waals surface area contributed by atoms with E-state index in [1.54, 1.807) is 0 Å². The third-order valence-corrected chi connectivity index (χ3v) is 1.56. The fourth-order valence-corrected chi connectivity index (χ4v) is 0.860. The van der Waals surface area contributed by atoms with Gasteiger partial charge >= 0.3 is 7.82 Å². The summed E-state index contributed by atoms with van der Waals surface area (Å²) >= 11 is 0. The van der Waals surface area contributed by atoms with Crippen LogP contribution in [-0.4, -0.2) is 30.7 Å². The quantitative estimate of drug-likeness (QED) is 0.440. The molecule has 0 spiro atoms. The van der Waals surface area contributed by atoms with E-state index in [0.29, 0.717) is 12.6 Å². The standard InChI is InChI=1S/C4H7O6P/c5-1-3-9-11(7,8)10-4-2-6/h1-2H,3-4H2,(H,7,8). The Bertz CT molecular complexity index is 161. The van der Waals surface area contributed by atoms with Crippen LogP contribution in [-0.2, 0) is 23.2 Å². The van der Waals surface area contributed by atoms with Crippen molar-refractivity contribution in [1.29, 1.82) is 0 Å². The largest absolute Gasteiger partial charge is 0.473 e. The normalized spacial score (nSPS) is 11.0. The number of carbonyl (C=O) groups is 2. The molecule has 6 nitrogen and oxygen atoms in total. The highest BCUT2D eigenvalue weighted by Gasteiger charge is 2.19. The van der Waals surface area contributed by atoms with Gasteiger partial charge in [-0.1, -0.05) is 0 Å². The number of phosphoric acid groups is 1. The van der Waals surface area contributed by atoms with Crippen LogP contribution in [0.4, 0.5) is 0 Å². The Balaban J connectivity index is 3.69. The van der Waals surface area contributed by atoms with Gasteiger partial charge in [-0.05, 0) is 0 Å². The maximum atomic E-state index is 10.5. The molecule has 0 saturated carbocycles. The summed E-state index contributed by atoms with van der Waals surface area (Å²) in [5, 5.41) is 0. The van der Waals surface area contributed by atoms with Gasteiger partial charge < -0.3 is 14.5 Å². The maximum Gasteiger partial charge on any atom is 0.473 e. The van der Waals surface area contributed by atoms with Crippen molar-refractivity contribution in [2.75, 3.05) is 13.2 Å². The topological polar surface area (TPSA) is 89.9 Å². The Hall–Kier alpha value is -0.550. The van der Waals surface area contributed by atoms with E-state index in [0.717, 1.165) is 0 Å². The monoisotopic (exact) mass is 182 g/mol. The summed E-state index contributed by atoms with van der Waals surface area (Å²) in [4.78, 5) is 27.9. The Morgan fingerprint density at radius 1 is 1.18 bits per heavy atom. The van der Waals surface area contributed by atoms with Crippen molar-refractivity contribution in [3.05, 3.63) is 0 Å². The van der Waals surface area contributed by atoms with E-state index in [4.69, 9.17) is 4.89 Å². The lowest BCUT2D eigenvalue weighted by Crippen LogP contribution is -1.99. The molecule has 7 heteroatoms. The van der Waals surface area contributed by atoms with Crippen molar-refractivity contribution in [3.63, 3.8) is 0 Å². The van der Waals surface area contributed by atoms with Crippen molar-refractivity contribution in [1.82, 2.24) is 0 Å². The van der Waals surface area contributed by atoms with Gasteiger partial charge in [0.25, 0.3) is 0 Å². The Labute approximate surface area is 62.7 Å². The summed E-state index contributed by atoms with van der Waals surface area (Å²) < 4.78 is 18.6. The molecule has 0 atom stereocenters. The molecule has 0 heterocycles. The number of rotatable bonds is 6. The van der Waals surface area contributed by atoms with Crippen molar-refractivity contribution < 1.29 is 28.1 Å². The highest BCUT2D eigenvalue weighted by Crippen LogP contribution is 2.42. The molecule has 0 unspecified atom stereocenters. The third kappa shape index (κ3) is 5.87. The van der Waals surface area contributed by atoms with Crippen LogP contribution < -0.4 is 0 Å². The van der Waals surface area contributed by atoms with Crippen molar-refractivity contribution >= 4 is 20.4 Å². The minimum Gasteiger partial charge on any atom is -0.302 e. The highest BCUT2D eigenvalue weighted by atomic mass is 31.2. The number of phosphoric ester groups is 1. The van der Waals surface area contributed by atoms with Crippen LogP contribution in [0.3, 0.4) is 0 Å². The molecule has 64 valence electrons. The summed E-state index contributed by atoms with van der Waals surface area (Å²) in [6, 6.07) is 0. The van der Waals surface area contributed by atoms with E-state index in [2.05, 4.69) is 9.05 Å². The number of hydrogen-bond donors (Lipinski definition) is 1. The fourth-order valence-electron chi connectivity index (χ4n) is 0.287. The predicted octanol–water partition coefficient (Wildman–Crippen LogP) is -0.482. The molecular weight excluding hydrogens is 175 g/mol. The Kier molecular flexibility index (Phi) is 4.89. The van der Waals surface area contributed by atoms with Gasteiger partial charge in [-0.25, -0.2) is 4.57 Å². The van der Waals surface area contributed by atoms with Crippen LogP contribution in [0.2, 0.25) is 0 Å². The smallest absolute Gasteiger partial charge is 0.302 e. The van der Waals surface area contributed by atoms with Crippen LogP contribution >= 0.6 is 7.82 Å². The highest BCUT2D eigenvalue weighted by molar-refractivity contribution is 7.47. The molecule has 0 aromatic carbocycles. The molecule has 0 rings (SSSR count). The Morgan fingerprint density at radius 2 is 1.55 bits per heavy atom. The van der Waals surface area contributed by atoms with Gasteiger partial charge in [0.2, 0.25) is 0 Å². The van der Waals surface area contributed by atoms with Crippen LogP contribution in [0.15, 0.2) is 0 Å². The molecule has 0 aliphatic rings. The van der Waals surface area contributed by atoms with Crippen molar-refractivity contribution in [2.45, 2.75) is 0 Å². The lowest BCUT2D eigenvalue weighted by molar-refractivity contribution is -0.110. The second-order valence-electron chi connectivity index (χ2n) is 1.39. The van der Waals surface area contributed by atoms with Crippen LogP contribution in [0.25, 0.3) is 0 Å². The first kappa shape index (κ1) is 10.4. The van der Waals surface area contributed by atoms with E-state index in [-0.39, 0.29) is 0 Å². The molecule has 0 aromatic rings. The van der Waals surface area contributed by atoms with Gasteiger partial charge in [0, 0.05) is 0 Å². The molecule has 0 aliphatic heterocycles. The van der Waals surface area contributed by atoms with Crippen LogP contribution in [0.1, 0.15) is 0 Å². The van der Waals surface area contributed by atoms with Gasteiger partial charge in [0.15, 0.2) is 0 Å². The first-order valence-corrected chi connectivity index (χ1v) is 4.11. The zero-order valence-corrected chi connectivity index (χ0v) is 6.40. The SMILES string of the molecule is O=CCOP(=O)(O)OCC=O. The summed E-state index contributed by atoms with van der Waals surface area (Å²) in [5.41, 5.74) is 0. The van der Waals surface area contributed by atoms with E-state index >= 15 is 0 Å². The molecule has 0 radical (unpaired) electrons. The van der Waals surface area contributed by atoms with Crippen molar-refractivity contribution in [3.8, 4) is 0 Å². The molecule has 0 aliphatic carbocycles. The maximum absolute atomic E-state index is 10.5. The van der Waals surface area contributed by atoms with Crippen LogP contribution in [0, 0.1) is 0 Å². The molecular formula is C4H7O6P. The minimum absolute atomic E-state index is 0.299. The first-order valence-electron chi connectivity index (χ1n) is 2.61. The van der Waals surface area contributed by atoms with Crippen molar-refractivity contribution in [2.24, 2.45) is 0 Å². The molecule has 0 amide bonds. The fraction of sp³-hybridized carbons (Fsp3) is 0.500. The van der Waals surface area contributed by atoms with E-state index in [1.807, 2.05) is 0 Å². The minimum atomic E-state index is -4.19. The zero-order chi connectivity index (χ0) is 8.74. The summed E-state index contributed by atoms with van der Waals surface area (Å²) in [6.45, 7) is -1.07. The Morgan fingerprint density at radius 3 is 1.82 bits per heavy atom. The summed E-state index contributed by atoms with van der Waals surface area (Å²) in [7, 11) is -4.19. The van der Waals surface area contributed by atoms with Gasteiger partial charge in [0.1, 0.15) is 25.8 Å². The van der Waals surface area contributed by atoms with E-state index in [1.165, 1.54) is 0 Å². The second kappa shape index (κ2) is 5.15. The summed E-state index contributed by atoms with van der Waals surface area (Å²) in [5.74, 6) is 0. The third-order valence-electron chi connectivity index (χ3n) is 0.611. The van der Waals surface area contributed by atoms with E-state index < -0.39 is 21.0 Å². The lowest BCUT2D eigenvalue weighted by Gasteiger charge is -2.06. The van der Waals surface area contributed by atoms with E-state index in [9.17, 15) is 14.2 Å². The molecule has 0 fully saturated rings. The summed E-state index contributed by atoms with van der Waals surface area (Å²) in [6.07, 6.45) is 0.597. The van der Waals surface area contributed by atoms with Crippen LogP contribution in [0.5, 0.6) is 0 Å². The van der Waals surface area contributed by atoms with Gasteiger partial charge in [-0.3, -0.25) is 9.05 Å². The average molecular weight is 182 g/mol. The second-order valence-corrected chi connectivity index (χ2v) is 2.85. The predicted molar refractivity (Wildman–Crippen MR) is 33.9 cm³/mol. The number of carbonyl (C=O) groups excluding carboxylic acids is 2. The molecule has 0 bridgehead atoms. The number of hydrogen-bond acceptors (Lipinski definition) is 5. The van der Waals surface area contributed by atoms with Gasteiger partial charge in [-0.15, -0.1) is 0 Å². The average Bonchev–Trinajstić information content (AvgIpc) is 1.97. The molecule has 0 aromatic heterocycles. The number of aldehydes is 2. The molecule has 11 heavy (non-hydrogen) atoms. The molecule has 0 saturated heterocycles.